The average Bonchev–Trinajstić information content (AvgIpc) is 2.60. The Labute approximate surface area is 140 Å². The minimum atomic E-state index is -0.422. The van der Waals surface area contributed by atoms with Crippen molar-refractivity contribution in [2.45, 2.75) is 26.3 Å². The minimum absolute atomic E-state index is 0.0815. The van der Waals surface area contributed by atoms with Crippen LogP contribution in [0.2, 0.25) is 0 Å². The Hall–Kier alpha value is -2.63. The largest absolute Gasteiger partial charge is 0.493 e. The van der Waals surface area contributed by atoms with E-state index in [1.807, 2.05) is 25.1 Å². The summed E-state index contributed by atoms with van der Waals surface area (Å²) in [5.74, 6) is 0.742. The Morgan fingerprint density at radius 3 is 2.83 bits per heavy atom. The number of carbonyl (C=O) groups is 1. The summed E-state index contributed by atoms with van der Waals surface area (Å²) in [7, 11) is 1.58. The van der Waals surface area contributed by atoms with Gasteiger partial charge in [0.25, 0.3) is 0 Å². The molecule has 0 aliphatic carbocycles. The number of aromatic nitrogens is 1. The lowest BCUT2D eigenvalue weighted by Gasteiger charge is -2.11. The quantitative estimate of drug-likeness (QED) is 0.807. The molecule has 2 aromatic rings. The van der Waals surface area contributed by atoms with Crippen LogP contribution in [0.25, 0.3) is 0 Å². The van der Waals surface area contributed by atoms with Gasteiger partial charge in [-0.2, -0.15) is 0 Å². The van der Waals surface area contributed by atoms with Crippen LogP contribution in [0, 0.1) is 5.82 Å². The molecule has 0 saturated heterocycles. The number of nitrogens with zero attached hydrogens (tertiary/aromatic N) is 1. The topological polar surface area (TPSA) is 60.5 Å². The van der Waals surface area contributed by atoms with Crippen molar-refractivity contribution in [3.05, 3.63) is 53.6 Å². The van der Waals surface area contributed by atoms with E-state index in [9.17, 15) is 9.18 Å². The van der Waals surface area contributed by atoms with Crippen LogP contribution in [0.4, 0.5) is 4.39 Å². The van der Waals surface area contributed by atoms with Crippen LogP contribution in [0.3, 0.4) is 0 Å². The molecule has 1 aromatic heterocycles. The van der Waals surface area contributed by atoms with Crippen LogP contribution in [-0.4, -0.2) is 24.6 Å². The molecule has 2 rings (SSSR count). The summed E-state index contributed by atoms with van der Waals surface area (Å²) >= 11 is 0. The van der Waals surface area contributed by atoms with Crippen LogP contribution < -0.4 is 14.8 Å². The van der Waals surface area contributed by atoms with Crippen LogP contribution in [-0.2, 0) is 17.8 Å². The fourth-order valence-corrected chi connectivity index (χ4v) is 2.22. The third kappa shape index (κ3) is 4.94. The molecule has 0 atom stereocenters. The lowest BCUT2D eigenvalue weighted by molar-refractivity contribution is -0.121. The van der Waals surface area contributed by atoms with Crippen molar-refractivity contribution in [1.29, 1.82) is 0 Å². The molecule has 0 aliphatic heterocycles. The number of pyridine rings is 1. The Balaban J connectivity index is 1.86. The number of rotatable bonds is 8. The SMILES string of the molecule is CCOc1ccc(CCC(=O)NCc2ncccc2F)cc1OC. The second-order valence-electron chi connectivity index (χ2n) is 5.13. The Morgan fingerprint density at radius 2 is 2.12 bits per heavy atom. The molecule has 24 heavy (non-hydrogen) atoms. The number of carbonyl (C=O) groups excluding carboxylic acids is 1. The number of methoxy groups -OCH3 is 1. The highest BCUT2D eigenvalue weighted by Crippen LogP contribution is 2.28. The van der Waals surface area contributed by atoms with Gasteiger partial charge in [-0.05, 0) is 43.2 Å². The molecule has 6 heteroatoms. The third-order valence-electron chi connectivity index (χ3n) is 3.46. The van der Waals surface area contributed by atoms with Crippen LogP contribution in [0.5, 0.6) is 11.5 Å². The van der Waals surface area contributed by atoms with Crippen molar-refractivity contribution in [2.75, 3.05) is 13.7 Å². The first-order valence-electron chi connectivity index (χ1n) is 7.79. The van der Waals surface area contributed by atoms with Gasteiger partial charge in [-0.3, -0.25) is 9.78 Å². The fourth-order valence-electron chi connectivity index (χ4n) is 2.22. The van der Waals surface area contributed by atoms with E-state index >= 15 is 0 Å². The van der Waals surface area contributed by atoms with Crippen molar-refractivity contribution < 1.29 is 18.7 Å². The highest BCUT2D eigenvalue weighted by atomic mass is 19.1. The normalized spacial score (nSPS) is 10.3. The Bertz CT molecular complexity index is 692. The van der Waals surface area contributed by atoms with E-state index in [-0.39, 0.29) is 18.1 Å². The summed E-state index contributed by atoms with van der Waals surface area (Å²) in [4.78, 5) is 15.8. The number of ether oxygens (including phenoxy) is 2. The lowest BCUT2D eigenvalue weighted by atomic mass is 10.1. The molecule has 0 saturated carbocycles. The number of halogens is 1. The molecular weight excluding hydrogens is 311 g/mol. The van der Waals surface area contributed by atoms with Gasteiger partial charge in [0, 0.05) is 12.6 Å². The van der Waals surface area contributed by atoms with Gasteiger partial charge in [0.15, 0.2) is 11.5 Å². The summed E-state index contributed by atoms with van der Waals surface area (Å²) in [5.41, 5.74) is 1.20. The molecule has 1 aromatic carbocycles. The van der Waals surface area contributed by atoms with E-state index in [4.69, 9.17) is 9.47 Å². The number of amides is 1. The van der Waals surface area contributed by atoms with E-state index in [1.165, 1.54) is 18.3 Å². The van der Waals surface area contributed by atoms with Gasteiger partial charge >= 0.3 is 0 Å². The number of hydrogen-bond acceptors (Lipinski definition) is 4. The molecule has 0 unspecified atom stereocenters. The zero-order valence-corrected chi connectivity index (χ0v) is 13.8. The van der Waals surface area contributed by atoms with Gasteiger partial charge in [0.05, 0.1) is 26.0 Å². The van der Waals surface area contributed by atoms with Gasteiger partial charge < -0.3 is 14.8 Å². The van der Waals surface area contributed by atoms with E-state index in [0.717, 1.165) is 5.56 Å². The lowest BCUT2D eigenvalue weighted by Crippen LogP contribution is -2.24. The zero-order valence-electron chi connectivity index (χ0n) is 13.8. The van der Waals surface area contributed by atoms with Gasteiger partial charge in [0.1, 0.15) is 5.82 Å². The van der Waals surface area contributed by atoms with Gasteiger partial charge in [-0.15, -0.1) is 0 Å². The van der Waals surface area contributed by atoms with Crippen LogP contribution in [0.1, 0.15) is 24.6 Å². The first-order chi connectivity index (χ1) is 11.6. The standard InChI is InChI=1S/C18H21FN2O3/c1-3-24-16-8-6-13(11-17(16)23-2)7-9-18(22)21-12-15-14(19)5-4-10-20-15/h4-6,8,10-11H,3,7,9,12H2,1-2H3,(H,21,22). The first kappa shape index (κ1) is 17.7. The molecular formula is C18H21FN2O3. The molecule has 1 amide bonds. The summed E-state index contributed by atoms with van der Waals surface area (Å²) in [6, 6.07) is 8.43. The number of benzene rings is 1. The van der Waals surface area contributed by atoms with Crippen molar-refractivity contribution in [3.8, 4) is 11.5 Å². The maximum absolute atomic E-state index is 13.4. The van der Waals surface area contributed by atoms with Gasteiger partial charge in [-0.25, -0.2) is 4.39 Å². The van der Waals surface area contributed by atoms with Crippen molar-refractivity contribution in [2.24, 2.45) is 0 Å². The van der Waals surface area contributed by atoms with E-state index < -0.39 is 5.82 Å². The molecule has 0 aliphatic rings. The molecule has 5 nitrogen and oxygen atoms in total. The first-order valence-corrected chi connectivity index (χ1v) is 7.79. The number of aryl methyl sites for hydroxylation is 1. The van der Waals surface area contributed by atoms with Crippen molar-refractivity contribution in [3.63, 3.8) is 0 Å². The molecule has 128 valence electrons. The fraction of sp³-hybridized carbons (Fsp3) is 0.333. The Morgan fingerprint density at radius 1 is 1.29 bits per heavy atom. The summed E-state index contributed by atoms with van der Waals surface area (Å²) in [6.07, 6.45) is 2.35. The molecule has 1 heterocycles. The predicted octanol–water partition coefficient (Wildman–Crippen LogP) is 2.88. The molecule has 0 fully saturated rings. The summed E-state index contributed by atoms with van der Waals surface area (Å²) in [6.45, 7) is 2.54. The van der Waals surface area contributed by atoms with Gasteiger partial charge in [-0.1, -0.05) is 6.07 Å². The van der Waals surface area contributed by atoms with Crippen LogP contribution in [0.15, 0.2) is 36.5 Å². The smallest absolute Gasteiger partial charge is 0.220 e. The number of hydrogen-bond donors (Lipinski definition) is 1. The molecule has 0 bridgehead atoms. The Kier molecular flexibility index (Phi) is 6.54. The van der Waals surface area contributed by atoms with Crippen LogP contribution >= 0.6 is 0 Å². The second kappa shape index (κ2) is 8.86. The zero-order chi connectivity index (χ0) is 17.4. The van der Waals surface area contributed by atoms with Crippen molar-refractivity contribution >= 4 is 5.91 Å². The maximum Gasteiger partial charge on any atom is 0.220 e. The average molecular weight is 332 g/mol. The highest BCUT2D eigenvalue weighted by Gasteiger charge is 2.09. The predicted molar refractivity (Wildman–Crippen MR) is 88.5 cm³/mol. The van der Waals surface area contributed by atoms with E-state index in [2.05, 4.69) is 10.3 Å². The van der Waals surface area contributed by atoms with Gasteiger partial charge in [0.2, 0.25) is 5.91 Å². The van der Waals surface area contributed by atoms with Crippen molar-refractivity contribution in [1.82, 2.24) is 10.3 Å². The summed E-state index contributed by atoms with van der Waals surface area (Å²) in [5, 5.41) is 2.67. The van der Waals surface area contributed by atoms with E-state index in [1.54, 1.807) is 7.11 Å². The molecule has 1 N–H and O–H groups in total. The second-order valence-corrected chi connectivity index (χ2v) is 5.13. The number of nitrogens with one attached hydrogen (secondary N) is 1. The summed E-state index contributed by atoms with van der Waals surface area (Å²) < 4.78 is 24.2. The third-order valence-corrected chi connectivity index (χ3v) is 3.46. The molecule has 0 spiro atoms. The maximum atomic E-state index is 13.4. The molecule has 0 radical (unpaired) electrons. The highest BCUT2D eigenvalue weighted by molar-refractivity contribution is 5.76. The monoisotopic (exact) mass is 332 g/mol. The minimum Gasteiger partial charge on any atom is -0.493 e. The van der Waals surface area contributed by atoms with E-state index in [0.29, 0.717) is 30.9 Å².